The Morgan fingerprint density at radius 2 is 1.95 bits per heavy atom. The smallest absolute Gasteiger partial charge is 0.333 e. The fraction of sp³-hybridized carbons (Fsp3) is 0.154. The summed E-state index contributed by atoms with van der Waals surface area (Å²) in [5, 5.41) is 0.943. The first-order valence-corrected chi connectivity index (χ1v) is 6.45. The van der Waals surface area contributed by atoms with E-state index in [4.69, 9.17) is 0 Å². The van der Waals surface area contributed by atoms with Gasteiger partial charge >= 0.3 is 11.9 Å². The molecule has 1 aromatic carbocycles. The summed E-state index contributed by atoms with van der Waals surface area (Å²) in [5.41, 5.74) is 1.52. The molecule has 1 aromatic heterocycles. The number of carbonyl (C=O) groups is 2. The van der Waals surface area contributed by atoms with Crippen LogP contribution < -0.4 is 4.90 Å². The van der Waals surface area contributed by atoms with Crippen molar-refractivity contribution in [1.29, 1.82) is 0 Å². The number of nitrogens with zero attached hydrogens (tertiary/aromatic N) is 2. The number of anilines is 1. The molecule has 6 heteroatoms. The zero-order valence-electron chi connectivity index (χ0n) is 9.80. The molecule has 0 saturated carbocycles. The zero-order valence-corrected chi connectivity index (χ0v) is 11.4. The van der Waals surface area contributed by atoms with Crippen LogP contribution >= 0.6 is 15.9 Å². The lowest BCUT2D eigenvalue weighted by atomic mass is 10.1. The van der Waals surface area contributed by atoms with Gasteiger partial charge in [-0.05, 0) is 28.1 Å². The van der Waals surface area contributed by atoms with E-state index >= 15 is 0 Å². The van der Waals surface area contributed by atoms with E-state index < -0.39 is 11.9 Å². The van der Waals surface area contributed by atoms with Gasteiger partial charge in [-0.1, -0.05) is 12.1 Å². The van der Waals surface area contributed by atoms with E-state index in [2.05, 4.69) is 25.7 Å². The van der Waals surface area contributed by atoms with Crippen molar-refractivity contribution < 1.29 is 14.3 Å². The SMILES string of the molecule is O=C1CN(c2cccc3cc(Br)cnc23)CC(=O)O1. The molecule has 5 nitrogen and oxygen atoms in total. The van der Waals surface area contributed by atoms with Crippen LogP contribution in [-0.4, -0.2) is 30.0 Å². The van der Waals surface area contributed by atoms with E-state index in [1.807, 2.05) is 24.3 Å². The Labute approximate surface area is 117 Å². The molecule has 0 aliphatic carbocycles. The molecule has 0 radical (unpaired) electrons. The van der Waals surface area contributed by atoms with E-state index in [1.165, 1.54) is 0 Å². The Morgan fingerprint density at radius 1 is 1.21 bits per heavy atom. The quantitative estimate of drug-likeness (QED) is 0.593. The van der Waals surface area contributed by atoms with Crippen molar-refractivity contribution in [2.24, 2.45) is 0 Å². The van der Waals surface area contributed by atoms with Crippen molar-refractivity contribution in [3.8, 4) is 0 Å². The van der Waals surface area contributed by atoms with Crippen molar-refractivity contribution in [3.05, 3.63) is 34.9 Å². The number of carbonyl (C=O) groups excluding carboxylic acids is 2. The standard InChI is InChI=1S/C13H9BrN2O3/c14-9-4-8-2-1-3-10(13(8)15-5-9)16-6-11(17)19-12(18)7-16/h1-5H,6-7H2. The average molecular weight is 321 g/mol. The summed E-state index contributed by atoms with van der Waals surface area (Å²) in [5.74, 6) is -1.07. The lowest BCUT2D eigenvalue weighted by molar-refractivity contribution is -0.160. The summed E-state index contributed by atoms with van der Waals surface area (Å²) in [6.45, 7) is 0.116. The van der Waals surface area contributed by atoms with Crippen molar-refractivity contribution in [1.82, 2.24) is 4.98 Å². The maximum atomic E-state index is 11.3. The van der Waals surface area contributed by atoms with Gasteiger partial charge in [0.1, 0.15) is 13.1 Å². The normalized spacial score (nSPS) is 15.7. The van der Waals surface area contributed by atoms with Crippen LogP contribution in [0.1, 0.15) is 0 Å². The summed E-state index contributed by atoms with van der Waals surface area (Å²) in [6.07, 6.45) is 1.69. The van der Waals surface area contributed by atoms with E-state index in [0.717, 1.165) is 21.1 Å². The van der Waals surface area contributed by atoms with Gasteiger partial charge in [-0.3, -0.25) is 4.98 Å². The minimum absolute atomic E-state index is 0.0581. The summed E-state index contributed by atoms with van der Waals surface area (Å²) >= 11 is 3.37. The number of cyclic esters (lactones) is 2. The predicted octanol–water partition coefficient (Wildman–Crippen LogP) is 1.89. The fourth-order valence-electron chi connectivity index (χ4n) is 2.10. The molecule has 2 heterocycles. The van der Waals surface area contributed by atoms with Gasteiger partial charge in [0.15, 0.2) is 0 Å². The fourth-order valence-corrected chi connectivity index (χ4v) is 2.45. The van der Waals surface area contributed by atoms with Gasteiger partial charge in [0.25, 0.3) is 0 Å². The zero-order chi connectivity index (χ0) is 13.4. The molecular formula is C13H9BrN2O3. The van der Waals surface area contributed by atoms with Crippen molar-refractivity contribution >= 4 is 44.5 Å². The first-order chi connectivity index (χ1) is 9.13. The molecule has 0 unspecified atom stereocenters. The van der Waals surface area contributed by atoms with Crippen LogP contribution in [0, 0.1) is 0 Å². The third-order valence-electron chi connectivity index (χ3n) is 2.86. The Balaban J connectivity index is 2.09. The Kier molecular flexibility index (Phi) is 2.94. The molecule has 2 aromatic rings. The number of benzene rings is 1. The Bertz CT molecular complexity index is 671. The second-order valence-corrected chi connectivity index (χ2v) is 5.12. The minimum atomic E-state index is -0.537. The highest BCUT2D eigenvalue weighted by Crippen LogP contribution is 2.27. The summed E-state index contributed by atoms with van der Waals surface area (Å²) < 4.78 is 5.40. The van der Waals surface area contributed by atoms with Gasteiger partial charge in [-0.2, -0.15) is 0 Å². The molecule has 0 bridgehead atoms. The van der Waals surface area contributed by atoms with Crippen LogP contribution in [0.4, 0.5) is 5.69 Å². The number of halogens is 1. The maximum absolute atomic E-state index is 11.3. The third-order valence-corrected chi connectivity index (χ3v) is 3.30. The van der Waals surface area contributed by atoms with Crippen LogP contribution in [0.2, 0.25) is 0 Å². The van der Waals surface area contributed by atoms with Gasteiger partial charge in [0.05, 0.1) is 11.2 Å². The molecule has 96 valence electrons. The molecule has 3 rings (SSSR count). The van der Waals surface area contributed by atoms with Crippen LogP contribution in [-0.2, 0) is 14.3 Å². The number of aromatic nitrogens is 1. The number of hydrogen-bond donors (Lipinski definition) is 0. The highest BCUT2D eigenvalue weighted by molar-refractivity contribution is 9.10. The molecule has 0 N–H and O–H groups in total. The van der Waals surface area contributed by atoms with Crippen molar-refractivity contribution in [2.75, 3.05) is 18.0 Å². The first-order valence-electron chi connectivity index (χ1n) is 5.66. The summed E-state index contributed by atoms with van der Waals surface area (Å²) in [6, 6.07) is 7.59. The van der Waals surface area contributed by atoms with Crippen LogP contribution in [0.15, 0.2) is 34.9 Å². The number of pyridine rings is 1. The van der Waals surface area contributed by atoms with Crippen LogP contribution in [0.3, 0.4) is 0 Å². The summed E-state index contributed by atoms with van der Waals surface area (Å²) in [4.78, 5) is 28.7. The molecule has 19 heavy (non-hydrogen) atoms. The number of hydrogen-bond acceptors (Lipinski definition) is 5. The molecule has 1 saturated heterocycles. The molecule has 0 atom stereocenters. The van der Waals surface area contributed by atoms with E-state index in [9.17, 15) is 9.59 Å². The highest BCUT2D eigenvalue weighted by Gasteiger charge is 2.26. The average Bonchev–Trinajstić information content (AvgIpc) is 2.36. The maximum Gasteiger partial charge on any atom is 0.333 e. The third kappa shape index (κ3) is 2.31. The second kappa shape index (κ2) is 4.62. The second-order valence-electron chi connectivity index (χ2n) is 4.20. The number of para-hydroxylation sites is 1. The van der Waals surface area contributed by atoms with Crippen LogP contribution in [0.5, 0.6) is 0 Å². The van der Waals surface area contributed by atoms with Crippen molar-refractivity contribution in [3.63, 3.8) is 0 Å². The largest absolute Gasteiger partial charge is 0.390 e. The number of esters is 2. The van der Waals surface area contributed by atoms with E-state index in [0.29, 0.717) is 0 Å². The topological polar surface area (TPSA) is 59.5 Å². The summed E-state index contributed by atoms with van der Waals surface area (Å²) in [7, 11) is 0. The van der Waals surface area contributed by atoms with Gasteiger partial charge < -0.3 is 9.64 Å². The number of ether oxygens (including phenoxy) is 1. The van der Waals surface area contributed by atoms with Crippen molar-refractivity contribution in [2.45, 2.75) is 0 Å². The van der Waals surface area contributed by atoms with Gasteiger partial charge in [0.2, 0.25) is 0 Å². The van der Waals surface area contributed by atoms with Crippen LogP contribution in [0.25, 0.3) is 10.9 Å². The molecular weight excluding hydrogens is 312 g/mol. The van der Waals surface area contributed by atoms with Gasteiger partial charge in [0, 0.05) is 16.1 Å². The molecule has 0 spiro atoms. The number of fused-ring (bicyclic) bond motifs is 1. The monoisotopic (exact) mass is 320 g/mol. The molecule has 1 fully saturated rings. The van der Waals surface area contributed by atoms with Gasteiger partial charge in [-0.15, -0.1) is 0 Å². The Morgan fingerprint density at radius 3 is 2.68 bits per heavy atom. The predicted molar refractivity (Wildman–Crippen MR) is 72.8 cm³/mol. The number of morpholine rings is 1. The highest BCUT2D eigenvalue weighted by atomic mass is 79.9. The molecule has 0 amide bonds. The lowest BCUT2D eigenvalue weighted by Crippen LogP contribution is -2.43. The first kappa shape index (κ1) is 12.1. The van der Waals surface area contributed by atoms with E-state index in [-0.39, 0.29) is 13.1 Å². The van der Waals surface area contributed by atoms with Gasteiger partial charge in [-0.25, -0.2) is 9.59 Å². The van der Waals surface area contributed by atoms with E-state index in [1.54, 1.807) is 11.1 Å². The minimum Gasteiger partial charge on any atom is -0.390 e. The molecule has 1 aliphatic rings. The number of rotatable bonds is 1. The lowest BCUT2D eigenvalue weighted by Gasteiger charge is -2.26. The molecule has 1 aliphatic heterocycles. The Hall–Kier alpha value is -1.95.